The van der Waals surface area contributed by atoms with Gasteiger partial charge >= 0.3 is 0 Å². The predicted octanol–water partition coefficient (Wildman–Crippen LogP) is 1.40. The Kier molecular flexibility index (Phi) is 1.61. The third-order valence-electron chi connectivity index (χ3n) is 1.21. The van der Waals surface area contributed by atoms with Crippen molar-refractivity contribution in [2.24, 2.45) is 0 Å². The lowest BCUT2D eigenvalue weighted by Gasteiger charge is -1.89. The van der Waals surface area contributed by atoms with E-state index >= 15 is 0 Å². The van der Waals surface area contributed by atoms with E-state index in [4.69, 9.17) is 0 Å². The fourth-order valence-electron chi connectivity index (χ4n) is 0.733. The fourth-order valence-corrected chi connectivity index (χ4v) is 1.17. The third kappa shape index (κ3) is 1.25. The van der Waals surface area contributed by atoms with Crippen molar-refractivity contribution < 1.29 is 0 Å². The molecule has 0 aliphatic rings. The standard InChI is InChI=1S/C7H4N3S/c1-2-4-8-6(3-1)7-5-11-10-9-7/h1-2,4-5H. The van der Waals surface area contributed by atoms with Crippen LogP contribution in [-0.2, 0) is 0 Å². The van der Waals surface area contributed by atoms with Crippen LogP contribution in [0.15, 0.2) is 23.7 Å². The zero-order valence-corrected chi connectivity index (χ0v) is 6.38. The molecule has 2 aromatic rings. The van der Waals surface area contributed by atoms with E-state index < -0.39 is 0 Å². The molecule has 0 fully saturated rings. The predicted molar refractivity (Wildman–Crippen MR) is 42.0 cm³/mol. The molecular formula is C7H4N3S. The molecule has 2 aromatic heterocycles. The fraction of sp³-hybridized carbons (Fsp3) is 0. The highest BCUT2D eigenvalue weighted by molar-refractivity contribution is 7.03. The van der Waals surface area contributed by atoms with E-state index in [2.05, 4.69) is 20.6 Å². The minimum Gasteiger partial charge on any atom is -0.254 e. The first kappa shape index (κ1) is 6.42. The molecule has 4 heteroatoms. The van der Waals surface area contributed by atoms with Crippen LogP contribution in [0, 0.1) is 6.07 Å². The van der Waals surface area contributed by atoms with Crippen molar-refractivity contribution in [1.82, 2.24) is 14.6 Å². The topological polar surface area (TPSA) is 38.7 Å². The van der Waals surface area contributed by atoms with Crippen LogP contribution in [0.4, 0.5) is 0 Å². The normalized spacial score (nSPS) is 9.82. The number of aromatic nitrogens is 3. The van der Waals surface area contributed by atoms with E-state index in [1.54, 1.807) is 6.20 Å². The van der Waals surface area contributed by atoms with Crippen molar-refractivity contribution in [1.29, 1.82) is 0 Å². The summed E-state index contributed by atoms with van der Waals surface area (Å²) in [6.07, 6.45) is 1.71. The van der Waals surface area contributed by atoms with Gasteiger partial charge < -0.3 is 0 Å². The molecule has 0 unspecified atom stereocenters. The minimum absolute atomic E-state index is 0.751. The molecule has 2 heterocycles. The van der Waals surface area contributed by atoms with Crippen molar-refractivity contribution in [3.63, 3.8) is 0 Å². The van der Waals surface area contributed by atoms with Crippen LogP contribution in [0.3, 0.4) is 0 Å². The molecule has 0 bridgehead atoms. The molecule has 2 rings (SSSR count). The van der Waals surface area contributed by atoms with E-state index in [9.17, 15) is 0 Å². The van der Waals surface area contributed by atoms with Crippen molar-refractivity contribution in [3.05, 3.63) is 29.8 Å². The van der Waals surface area contributed by atoms with Gasteiger partial charge in [0.15, 0.2) is 0 Å². The van der Waals surface area contributed by atoms with Crippen molar-refractivity contribution in [3.8, 4) is 11.4 Å². The van der Waals surface area contributed by atoms with Gasteiger partial charge in [0.05, 0.1) is 5.69 Å². The Bertz CT molecular complexity index is 317. The molecule has 53 valence electrons. The summed E-state index contributed by atoms with van der Waals surface area (Å²) < 4.78 is 3.73. The maximum Gasteiger partial charge on any atom is 0.124 e. The van der Waals surface area contributed by atoms with Crippen LogP contribution in [0.25, 0.3) is 11.4 Å². The third-order valence-corrected chi connectivity index (χ3v) is 1.71. The van der Waals surface area contributed by atoms with Crippen LogP contribution >= 0.6 is 11.5 Å². The number of pyridine rings is 1. The molecule has 1 radical (unpaired) electrons. The molecule has 0 saturated heterocycles. The van der Waals surface area contributed by atoms with E-state index in [0.717, 1.165) is 11.4 Å². The SMILES string of the molecule is [c]1cccnc1-c1csnn1. The second-order valence-corrected chi connectivity index (χ2v) is 2.53. The first-order chi connectivity index (χ1) is 5.47. The molecule has 11 heavy (non-hydrogen) atoms. The van der Waals surface area contributed by atoms with Crippen molar-refractivity contribution >= 4 is 11.5 Å². The highest BCUT2D eigenvalue weighted by Crippen LogP contribution is 2.12. The highest BCUT2D eigenvalue weighted by Gasteiger charge is 1.99. The highest BCUT2D eigenvalue weighted by atomic mass is 32.1. The van der Waals surface area contributed by atoms with Gasteiger partial charge in [-0.1, -0.05) is 10.6 Å². The van der Waals surface area contributed by atoms with Gasteiger partial charge in [-0.05, 0) is 17.6 Å². The zero-order valence-electron chi connectivity index (χ0n) is 5.56. The summed E-state index contributed by atoms with van der Waals surface area (Å²) >= 11 is 1.31. The first-order valence-electron chi connectivity index (χ1n) is 3.07. The summed E-state index contributed by atoms with van der Waals surface area (Å²) in [7, 11) is 0. The molecule has 0 aliphatic carbocycles. The monoisotopic (exact) mass is 162 g/mol. The smallest absolute Gasteiger partial charge is 0.124 e. The van der Waals surface area contributed by atoms with Gasteiger partial charge in [0.2, 0.25) is 0 Å². The molecule has 0 spiro atoms. The van der Waals surface area contributed by atoms with Crippen LogP contribution < -0.4 is 0 Å². The van der Waals surface area contributed by atoms with Gasteiger partial charge in [0.25, 0.3) is 0 Å². The summed E-state index contributed by atoms with van der Waals surface area (Å²) in [5, 5.41) is 5.71. The number of rotatable bonds is 1. The lowest BCUT2D eigenvalue weighted by Crippen LogP contribution is -1.81. The van der Waals surface area contributed by atoms with Gasteiger partial charge in [-0.3, -0.25) is 4.98 Å². The Labute approximate surface area is 67.9 Å². The van der Waals surface area contributed by atoms with Crippen molar-refractivity contribution in [2.45, 2.75) is 0 Å². The molecule has 0 amide bonds. The molecule has 0 N–H and O–H groups in total. The van der Waals surface area contributed by atoms with E-state index in [1.807, 2.05) is 17.5 Å². The summed E-state index contributed by atoms with van der Waals surface area (Å²) in [4.78, 5) is 4.07. The van der Waals surface area contributed by atoms with Gasteiger partial charge in [-0.15, -0.1) is 5.10 Å². The lowest BCUT2D eigenvalue weighted by atomic mass is 10.3. The Morgan fingerprint density at radius 3 is 3.09 bits per heavy atom. The van der Waals surface area contributed by atoms with Gasteiger partial charge in [0, 0.05) is 17.6 Å². The van der Waals surface area contributed by atoms with Crippen LogP contribution in [0.2, 0.25) is 0 Å². The molecule has 0 aliphatic heterocycles. The Morgan fingerprint density at radius 1 is 1.45 bits per heavy atom. The van der Waals surface area contributed by atoms with Gasteiger partial charge in [-0.25, -0.2) is 0 Å². The number of hydrogen-bond acceptors (Lipinski definition) is 4. The zero-order chi connectivity index (χ0) is 7.52. The molecule has 0 aromatic carbocycles. The summed E-state index contributed by atoms with van der Waals surface area (Å²) in [6.45, 7) is 0. The van der Waals surface area contributed by atoms with Crippen molar-refractivity contribution in [2.75, 3.05) is 0 Å². The van der Waals surface area contributed by atoms with E-state index in [-0.39, 0.29) is 0 Å². The number of hydrogen-bond donors (Lipinski definition) is 0. The van der Waals surface area contributed by atoms with Crippen LogP contribution in [0.1, 0.15) is 0 Å². The van der Waals surface area contributed by atoms with E-state index in [0.29, 0.717) is 0 Å². The molecular weight excluding hydrogens is 158 g/mol. The Balaban J connectivity index is 2.46. The second kappa shape index (κ2) is 2.75. The minimum atomic E-state index is 0.751. The summed E-state index contributed by atoms with van der Waals surface area (Å²) in [5.74, 6) is 0. The Hall–Kier alpha value is -1.29. The average molecular weight is 162 g/mol. The molecule has 0 saturated carbocycles. The molecule has 3 nitrogen and oxygen atoms in total. The van der Waals surface area contributed by atoms with Gasteiger partial charge in [-0.2, -0.15) is 0 Å². The largest absolute Gasteiger partial charge is 0.254 e. The van der Waals surface area contributed by atoms with E-state index in [1.165, 1.54) is 11.5 Å². The average Bonchev–Trinajstić information content (AvgIpc) is 2.58. The lowest BCUT2D eigenvalue weighted by molar-refractivity contribution is 1.14. The maximum atomic E-state index is 4.07. The van der Waals surface area contributed by atoms with Gasteiger partial charge in [0.1, 0.15) is 5.69 Å². The number of nitrogens with zero attached hydrogens (tertiary/aromatic N) is 3. The van der Waals surface area contributed by atoms with Crippen LogP contribution in [-0.4, -0.2) is 14.6 Å². The summed E-state index contributed by atoms with van der Waals surface area (Å²) in [6, 6.07) is 6.59. The second-order valence-electron chi connectivity index (χ2n) is 1.92. The summed E-state index contributed by atoms with van der Waals surface area (Å²) in [5.41, 5.74) is 1.54. The maximum absolute atomic E-state index is 4.07. The van der Waals surface area contributed by atoms with Crippen LogP contribution in [0.5, 0.6) is 0 Å². The Morgan fingerprint density at radius 2 is 2.45 bits per heavy atom. The molecule has 0 atom stereocenters. The quantitative estimate of drug-likeness (QED) is 0.636. The first-order valence-corrected chi connectivity index (χ1v) is 3.90.